The van der Waals surface area contributed by atoms with Crippen molar-refractivity contribution < 1.29 is 23.9 Å². The van der Waals surface area contributed by atoms with Crippen LogP contribution in [-0.4, -0.2) is 91.5 Å². The Morgan fingerprint density at radius 1 is 0.958 bits per heavy atom. The van der Waals surface area contributed by atoms with E-state index in [1.54, 1.807) is 37.6 Å². The van der Waals surface area contributed by atoms with Crippen molar-refractivity contribution in [3.05, 3.63) is 77.6 Å². The van der Waals surface area contributed by atoms with Gasteiger partial charge in [-0.2, -0.15) is 0 Å². The number of H-pyrrole nitrogens is 1. The Balaban J connectivity index is 0.00000312. The van der Waals surface area contributed by atoms with Gasteiger partial charge in [-0.25, -0.2) is 4.98 Å². The summed E-state index contributed by atoms with van der Waals surface area (Å²) in [6, 6.07) is 16.0. The molecular weight excluding hydrogens is 655 g/mol. The number of ether oxygens (including phenoxy) is 2. The first-order valence-electron chi connectivity index (χ1n) is 15.6. The second-order valence-corrected chi connectivity index (χ2v) is 11.7. The number of rotatable bonds is 12. The average molecular weight is 700 g/mol. The summed E-state index contributed by atoms with van der Waals surface area (Å²) in [6.45, 7) is 5.91. The lowest BCUT2D eigenvalue weighted by Gasteiger charge is -2.32. The minimum absolute atomic E-state index is 0. The summed E-state index contributed by atoms with van der Waals surface area (Å²) in [7, 11) is 5.24. The largest absolute Gasteiger partial charge is 0.496 e. The molecule has 3 aromatic carbocycles. The molecule has 4 aromatic rings. The van der Waals surface area contributed by atoms with Gasteiger partial charge in [0.25, 0.3) is 11.8 Å². The maximum absolute atomic E-state index is 13.6. The number of halogens is 2. The van der Waals surface area contributed by atoms with Crippen LogP contribution in [0.3, 0.4) is 0 Å². The molecule has 3 amide bonds. The maximum Gasteiger partial charge on any atom is 0.259 e. The molecule has 0 bridgehead atoms. The Bertz CT molecular complexity index is 1710. The number of nitrogens with zero attached hydrogens (tertiary/aromatic N) is 4. The maximum atomic E-state index is 13.6. The highest BCUT2D eigenvalue weighted by molar-refractivity contribution is 6.11. The van der Waals surface area contributed by atoms with E-state index in [2.05, 4.69) is 27.2 Å². The quantitative estimate of drug-likeness (QED) is 0.175. The predicted octanol–water partition coefficient (Wildman–Crippen LogP) is 5.97. The van der Waals surface area contributed by atoms with E-state index in [9.17, 15) is 14.4 Å². The highest BCUT2D eigenvalue weighted by atomic mass is 35.5. The van der Waals surface area contributed by atoms with Crippen LogP contribution in [0.2, 0.25) is 0 Å². The van der Waals surface area contributed by atoms with Gasteiger partial charge in [0.15, 0.2) is 0 Å². The minimum atomic E-state index is -0.377. The summed E-state index contributed by atoms with van der Waals surface area (Å²) in [5.41, 5.74) is 4.32. The molecule has 1 saturated heterocycles. The average Bonchev–Trinajstić information content (AvgIpc) is 3.56. The van der Waals surface area contributed by atoms with Crippen LogP contribution < -0.4 is 19.7 Å². The Morgan fingerprint density at radius 2 is 1.73 bits per heavy atom. The fraction of sp³-hybridized carbons (Fsp3) is 0.371. The van der Waals surface area contributed by atoms with Crippen molar-refractivity contribution in [2.24, 2.45) is 0 Å². The summed E-state index contributed by atoms with van der Waals surface area (Å²) in [6.07, 6.45) is 4.63. The number of unbranched alkanes of at least 4 members (excludes halogenated alkanes) is 2. The molecule has 48 heavy (non-hydrogen) atoms. The van der Waals surface area contributed by atoms with Gasteiger partial charge in [-0.05, 0) is 81.3 Å². The van der Waals surface area contributed by atoms with Crippen molar-refractivity contribution in [2.75, 3.05) is 64.2 Å². The minimum Gasteiger partial charge on any atom is -0.496 e. The Labute approximate surface area is 293 Å². The lowest BCUT2D eigenvalue weighted by atomic mass is 10.1. The van der Waals surface area contributed by atoms with Crippen LogP contribution in [0.25, 0.3) is 11.0 Å². The van der Waals surface area contributed by atoms with Crippen molar-refractivity contribution in [3.8, 4) is 11.5 Å². The van der Waals surface area contributed by atoms with Gasteiger partial charge in [-0.3, -0.25) is 14.4 Å². The van der Waals surface area contributed by atoms with Crippen LogP contribution in [0.1, 0.15) is 52.0 Å². The van der Waals surface area contributed by atoms with Gasteiger partial charge in [0.2, 0.25) is 5.91 Å². The number of nitrogens with one attached hydrogen (secondary N) is 2. The summed E-state index contributed by atoms with van der Waals surface area (Å²) in [5, 5.41) is 2.89. The standard InChI is InChI=1S/C35H42N6O5.2ClH/c1-24-12-15-29(31(21-24)46-20-7-5-6-11-32(42)41-18-16-39(2)17-19-41)40(3)35(44)25-13-14-26(30(22-25)45-4)34(43)38-28-10-8-9-27-33(28)37-23-36-27;;/h8-10,12-15,21-23H,5-7,11,16-20H2,1-4H3,(H,36,37)(H,38,43);2*1H. The number of aromatic amines is 1. The molecule has 258 valence electrons. The molecule has 1 aliphatic heterocycles. The van der Waals surface area contributed by atoms with Gasteiger partial charge in [0.05, 0.1) is 42.5 Å². The van der Waals surface area contributed by atoms with E-state index in [-0.39, 0.29) is 48.3 Å². The Morgan fingerprint density at radius 3 is 2.48 bits per heavy atom. The predicted molar refractivity (Wildman–Crippen MR) is 193 cm³/mol. The lowest BCUT2D eigenvalue weighted by molar-refractivity contribution is -0.132. The summed E-state index contributed by atoms with van der Waals surface area (Å²) >= 11 is 0. The molecule has 2 N–H and O–H groups in total. The summed E-state index contributed by atoms with van der Waals surface area (Å²) in [5.74, 6) is 0.463. The number of benzene rings is 3. The third-order valence-electron chi connectivity index (χ3n) is 8.32. The number of hydrogen-bond donors (Lipinski definition) is 2. The highest BCUT2D eigenvalue weighted by Crippen LogP contribution is 2.31. The van der Waals surface area contributed by atoms with Crippen LogP contribution in [0.5, 0.6) is 11.5 Å². The third kappa shape index (κ3) is 9.18. The topological polar surface area (TPSA) is 120 Å². The second kappa shape index (κ2) is 17.7. The van der Waals surface area contributed by atoms with E-state index in [4.69, 9.17) is 9.47 Å². The van der Waals surface area contributed by atoms with Crippen LogP contribution in [0.4, 0.5) is 11.4 Å². The number of piperazine rings is 1. The fourth-order valence-electron chi connectivity index (χ4n) is 5.54. The number of methoxy groups -OCH3 is 1. The number of aryl methyl sites for hydroxylation is 1. The SMILES string of the molecule is COc1cc(C(=O)N(C)c2ccc(C)cc2OCCCCCC(=O)N2CCN(C)CC2)ccc1C(=O)Nc1cccc2[nH]cnc12.Cl.Cl. The van der Waals surface area contributed by atoms with Gasteiger partial charge in [0, 0.05) is 45.2 Å². The molecule has 13 heteroatoms. The molecule has 1 aromatic heterocycles. The van der Waals surface area contributed by atoms with Crippen LogP contribution in [-0.2, 0) is 4.79 Å². The Hall–Kier alpha value is -4.32. The van der Waals surface area contributed by atoms with Gasteiger partial charge in [0.1, 0.15) is 17.0 Å². The molecular formula is C35H44Cl2N6O5. The number of fused-ring (bicyclic) bond motifs is 1. The number of likely N-dealkylation sites (N-methyl/N-ethyl adjacent to an activating group) is 1. The number of para-hydroxylation sites is 1. The normalized spacial score (nSPS) is 12.9. The van der Waals surface area contributed by atoms with Gasteiger partial charge >= 0.3 is 0 Å². The first kappa shape index (κ1) is 38.1. The number of anilines is 2. The number of imidazole rings is 1. The van der Waals surface area contributed by atoms with Crippen LogP contribution in [0, 0.1) is 6.92 Å². The van der Waals surface area contributed by atoms with E-state index in [1.165, 1.54) is 12.0 Å². The van der Waals surface area contributed by atoms with Crippen molar-refractivity contribution in [1.29, 1.82) is 0 Å². The molecule has 0 spiro atoms. The highest BCUT2D eigenvalue weighted by Gasteiger charge is 2.22. The molecule has 11 nitrogen and oxygen atoms in total. The number of carbonyl (C=O) groups is 3. The van der Waals surface area contributed by atoms with Crippen molar-refractivity contribution >= 4 is 64.9 Å². The van der Waals surface area contributed by atoms with Crippen LogP contribution in [0.15, 0.2) is 60.9 Å². The zero-order valence-corrected chi connectivity index (χ0v) is 29.4. The molecule has 0 unspecified atom stereocenters. The zero-order chi connectivity index (χ0) is 32.6. The van der Waals surface area contributed by atoms with E-state index in [0.29, 0.717) is 46.8 Å². The molecule has 5 rings (SSSR count). The number of aromatic nitrogens is 2. The number of carbonyl (C=O) groups excluding carboxylic acids is 3. The molecule has 1 fully saturated rings. The summed E-state index contributed by atoms with van der Waals surface area (Å²) < 4.78 is 11.7. The van der Waals surface area contributed by atoms with E-state index in [0.717, 1.165) is 56.5 Å². The number of amides is 3. The lowest BCUT2D eigenvalue weighted by Crippen LogP contribution is -2.47. The molecule has 0 atom stereocenters. The van der Waals surface area contributed by atoms with Crippen molar-refractivity contribution in [2.45, 2.75) is 32.6 Å². The first-order chi connectivity index (χ1) is 22.2. The third-order valence-corrected chi connectivity index (χ3v) is 8.32. The fourth-order valence-corrected chi connectivity index (χ4v) is 5.54. The van der Waals surface area contributed by atoms with Gasteiger partial charge < -0.3 is 34.5 Å². The van der Waals surface area contributed by atoms with Gasteiger partial charge in [-0.1, -0.05) is 12.1 Å². The van der Waals surface area contributed by atoms with E-state index < -0.39 is 0 Å². The molecule has 1 aliphatic rings. The monoisotopic (exact) mass is 698 g/mol. The van der Waals surface area contributed by atoms with Crippen molar-refractivity contribution in [3.63, 3.8) is 0 Å². The Kier molecular flexibility index (Phi) is 14.1. The second-order valence-electron chi connectivity index (χ2n) is 11.7. The molecule has 0 aliphatic carbocycles. The molecule has 0 saturated carbocycles. The smallest absolute Gasteiger partial charge is 0.259 e. The van der Waals surface area contributed by atoms with Gasteiger partial charge in [-0.15, -0.1) is 24.8 Å². The van der Waals surface area contributed by atoms with E-state index in [1.807, 2.05) is 42.2 Å². The van der Waals surface area contributed by atoms with Crippen molar-refractivity contribution in [1.82, 2.24) is 19.8 Å². The summed E-state index contributed by atoms with van der Waals surface area (Å²) in [4.78, 5) is 52.4. The zero-order valence-electron chi connectivity index (χ0n) is 27.8. The number of hydrogen-bond acceptors (Lipinski definition) is 7. The first-order valence-corrected chi connectivity index (χ1v) is 15.6. The molecule has 2 heterocycles. The van der Waals surface area contributed by atoms with E-state index >= 15 is 0 Å². The molecule has 0 radical (unpaired) electrons. The van der Waals surface area contributed by atoms with Crippen LogP contribution >= 0.6 is 24.8 Å².